The Morgan fingerprint density at radius 3 is 1.81 bits per heavy atom. The van der Waals surface area contributed by atoms with Gasteiger partial charge in [0.1, 0.15) is 5.83 Å². The van der Waals surface area contributed by atoms with Crippen molar-refractivity contribution in [1.82, 2.24) is 5.32 Å². The fourth-order valence-corrected chi connectivity index (χ4v) is 0.698. The third kappa shape index (κ3) is 15.5. The number of hydrogen-bond acceptors (Lipinski definition) is 2. The molecule has 0 fully saturated rings. The second-order valence-corrected chi connectivity index (χ2v) is 3.02. The largest absolute Gasteiger partial charge is 0.377 e. The van der Waals surface area contributed by atoms with Gasteiger partial charge >= 0.3 is 0 Å². The van der Waals surface area contributed by atoms with Crippen LogP contribution in [0, 0.1) is 0 Å². The van der Waals surface area contributed by atoms with Crippen molar-refractivity contribution >= 4 is 0 Å². The number of rotatable bonds is 4. The molecule has 2 nitrogen and oxygen atoms in total. The summed E-state index contributed by atoms with van der Waals surface area (Å²) in [4.78, 5) is 0. The van der Waals surface area contributed by atoms with Crippen molar-refractivity contribution in [3.05, 3.63) is 36.7 Å². The maximum absolute atomic E-state index is 12.6. The highest BCUT2D eigenvalue weighted by Gasteiger charge is 2.02. The van der Waals surface area contributed by atoms with Crippen molar-refractivity contribution in [3.8, 4) is 0 Å². The van der Waals surface area contributed by atoms with Crippen molar-refractivity contribution < 1.29 is 9.13 Å². The van der Waals surface area contributed by atoms with Crippen LogP contribution < -0.4 is 5.32 Å². The zero-order chi connectivity index (χ0) is 13.6. The van der Waals surface area contributed by atoms with Gasteiger partial charge in [0.15, 0.2) is 0 Å². The lowest BCUT2D eigenvalue weighted by Gasteiger charge is -2.06. The molecule has 0 spiro atoms. The van der Waals surface area contributed by atoms with Crippen LogP contribution in [0.25, 0.3) is 0 Å². The molecule has 1 N–H and O–H groups in total. The number of nitrogens with one attached hydrogen (secondary N) is 1. The molecule has 0 atom stereocenters. The van der Waals surface area contributed by atoms with Crippen LogP contribution in [0.15, 0.2) is 36.7 Å². The van der Waals surface area contributed by atoms with Crippen molar-refractivity contribution in [2.45, 2.75) is 20.8 Å². The summed E-state index contributed by atoms with van der Waals surface area (Å²) in [7, 11) is 3.75. The highest BCUT2D eigenvalue weighted by atomic mass is 19.1. The first-order valence-electron chi connectivity index (χ1n) is 5.18. The zero-order valence-corrected chi connectivity index (χ0v) is 11.3. The van der Waals surface area contributed by atoms with Gasteiger partial charge < -0.3 is 10.1 Å². The van der Waals surface area contributed by atoms with E-state index >= 15 is 0 Å². The smallest absolute Gasteiger partial charge is 0.121 e. The van der Waals surface area contributed by atoms with Crippen LogP contribution in [0.4, 0.5) is 4.39 Å². The van der Waals surface area contributed by atoms with Gasteiger partial charge in [-0.2, -0.15) is 0 Å². The molecular weight excluding hydrogens is 205 g/mol. The van der Waals surface area contributed by atoms with Crippen LogP contribution in [0.3, 0.4) is 0 Å². The quantitative estimate of drug-likeness (QED) is 0.591. The Kier molecular flexibility index (Phi) is 21.1. The van der Waals surface area contributed by atoms with Gasteiger partial charge in [0.05, 0.1) is 6.61 Å². The summed E-state index contributed by atoms with van der Waals surface area (Å²) in [5.74, 6) is -0.390. The molecule has 0 heterocycles. The molecule has 0 aromatic heterocycles. The molecule has 96 valence electrons. The minimum atomic E-state index is -0.390. The lowest BCUT2D eigenvalue weighted by atomic mass is 10.1. The zero-order valence-electron chi connectivity index (χ0n) is 11.3. The molecule has 16 heavy (non-hydrogen) atoms. The molecule has 0 radical (unpaired) electrons. The van der Waals surface area contributed by atoms with Crippen LogP contribution >= 0.6 is 0 Å². The van der Waals surface area contributed by atoms with E-state index in [9.17, 15) is 4.39 Å². The average Bonchev–Trinajstić information content (AvgIpc) is 2.21. The van der Waals surface area contributed by atoms with E-state index in [2.05, 4.69) is 25.1 Å². The molecule has 0 aromatic carbocycles. The van der Waals surface area contributed by atoms with E-state index in [1.165, 1.54) is 0 Å². The maximum Gasteiger partial charge on any atom is 0.121 e. The van der Waals surface area contributed by atoms with Crippen molar-refractivity contribution in [3.63, 3.8) is 0 Å². The Bertz CT molecular complexity index is 196. The molecule has 0 saturated heterocycles. The van der Waals surface area contributed by atoms with E-state index in [1.807, 2.05) is 34.9 Å². The van der Waals surface area contributed by atoms with Crippen molar-refractivity contribution in [1.29, 1.82) is 0 Å². The molecule has 0 saturated carbocycles. The van der Waals surface area contributed by atoms with Crippen LogP contribution in [-0.4, -0.2) is 27.3 Å². The van der Waals surface area contributed by atoms with Crippen LogP contribution in [0.2, 0.25) is 0 Å². The summed E-state index contributed by atoms with van der Waals surface area (Å²) < 4.78 is 17.7. The van der Waals surface area contributed by atoms with Crippen LogP contribution in [-0.2, 0) is 4.74 Å². The molecule has 0 bridgehead atoms. The summed E-state index contributed by atoms with van der Waals surface area (Å²) >= 11 is 0. The van der Waals surface area contributed by atoms with Gasteiger partial charge in [-0.3, -0.25) is 0 Å². The minimum Gasteiger partial charge on any atom is -0.377 e. The Morgan fingerprint density at radius 1 is 1.25 bits per heavy atom. The second kappa shape index (κ2) is 16.5. The Labute approximate surface area is 99.9 Å². The van der Waals surface area contributed by atoms with Crippen molar-refractivity contribution in [2.24, 2.45) is 0 Å². The molecule has 0 aliphatic heterocycles. The second-order valence-electron chi connectivity index (χ2n) is 3.02. The molecule has 0 aromatic rings. The van der Waals surface area contributed by atoms with Crippen LogP contribution in [0.1, 0.15) is 20.8 Å². The number of halogens is 1. The van der Waals surface area contributed by atoms with Gasteiger partial charge in [-0.25, -0.2) is 4.39 Å². The van der Waals surface area contributed by atoms with Gasteiger partial charge in [-0.1, -0.05) is 12.2 Å². The number of ether oxygens (including phenoxy) is 1. The fourth-order valence-electron chi connectivity index (χ4n) is 0.698. The predicted molar refractivity (Wildman–Crippen MR) is 71.4 cm³/mol. The SMILES string of the molecule is C=C.C=C(F)C(COCC)=C(C)C.CNC. The van der Waals surface area contributed by atoms with Crippen LogP contribution in [0.5, 0.6) is 0 Å². The third-order valence-electron chi connectivity index (χ3n) is 1.38. The molecule has 3 heteroatoms. The predicted octanol–water partition coefficient (Wildman–Crippen LogP) is 3.48. The fraction of sp³-hybridized carbons (Fsp3) is 0.538. The third-order valence-corrected chi connectivity index (χ3v) is 1.38. The summed E-state index contributed by atoms with van der Waals surface area (Å²) in [6, 6.07) is 0. The maximum atomic E-state index is 12.6. The topological polar surface area (TPSA) is 21.3 Å². The Hall–Kier alpha value is -0.930. The van der Waals surface area contributed by atoms with E-state index in [0.29, 0.717) is 18.8 Å². The first-order chi connectivity index (χ1) is 7.51. The lowest BCUT2D eigenvalue weighted by Crippen LogP contribution is -1.99. The Morgan fingerprint density at radius 2 is 1.62 bits per heavy atom. The van der Waals surface area contributed by atoms with E-state index in [-0.39, 0.29) is 0 Å². The molecule has 0 aliphatic carbocycles. The van der Waals surface area contributed by atoms with Gasteiger partial charge in [0, 0.05) is 12.2 Å². The highest BCUT2D eigenvalue weighted by molar-refractivity contribution is 5.27. The van der Waals surface area contributed by atoms with Gasteiger partial charge in [0.2, 0.25) is 0 Å². The minimum absolute atomic E-state index is 0.328. The first kappa shape index (κ1) is 20.5. The molecule has 0 amide bonds. The summed E-state index contributed by atoms with van der Waals surface area (Å²) in [5, 5.41) is 2.75. The van der Waals surface area contributed by atoms with Gasteiger partial charge in [-0.05, 0) is 34.9 Å². The summed E-state index contributed by atoms with van der Waals surface area (Å²) in [6.45, 7) is 15.7. The molecular formula is C13H26FNO. The normalized spacial score (nSPS) is 7.88. The summed E-state index contributed by atoms with van der Waals surface area (Å²) in [6.07, 6.45) is 0. The van der Waals surface area contributed by atoms with E-state index in [0.717, 1.165) is 5.57 Å². The first-order valence-corrected chi connectivity index (χ1v) is 5.18. The number of hydrogen-bond donors (Lipinski definition) is 1. The van der Waals surface area contributed by atoms with Crippen molar-refractivity contribution in [2.75, 3.05) is 27.3 Å². The average molecular weight is 231 g/mol. The lowest BCUT2D eigenvalue weighted by molar-refractivity contribution is 0.169. The monoisotopic (exact) mass is 231 g/mol. The number of allylic oxidation sites excluding steroid dienone is 1. The molecule has 0 rings (SSSR count). The standard InChI is InChI=1S/C9H15FO.C2H7N.C2H4/c1-5-11-6-9(7(2)3)8(4)10;1-3-2;1-2/h4-6H2,1-3H3;3H,1-2H3;1-2H2. The van der Waals surface area contributed by atoms with Gasteiger partial charge in [0.25, 0.3) is 0 Å². The highest BCUT2D eigenvalue weighted by Crippen LogP contribution is 2.14. The molecule has 0 unspecified atom stereocenters. The van der Waals surface area contributed by atoms with Gasteiger partial charge in [-0.15, -0.1) is 13.2 Å². The summed E-state index contributed by atoms with van der Waals surface area (Å²) in [5.41, 5.74) is 1.50. The Balaban J connectivity index is -0.000000289. The van der Waals surface area contributed by atoms with E-state index in [4.69, 9.17) is 4.74 Å². The van der Waals surface area contributed by atoms with E-state index in [1.54, 1.807) is 0 Å². The van der Waals surface area contributed by atoms with E-state index < -0.39 is 5.83 Å². The molecule has 0 aliphatic rings.